The summed E-state index contributed by atoms with van der Waals surface area (Å²) in [7, 11) is 0. The van der Waals surface area contributed by atoms with Crippen LogP contribution in [0.5, 0.6) is 0 Å². The lowest BCUT2D eigenvalue weighted by Crippen LogP contribution is -2.16. The number of rotatable bonds is 3. The zero-order valence-corrected chi connectivity index (χ0v) is 31.2. The lowest BCUT2D eigenvalue weighted by atomic mass is 9.78. The normalized spacial score (nSPS) is 13.4. The molecule has 1 aliphatic carbocycles. The van der Waals surface area contributed by atoms with E-state index in [1.807, 2.05) is 0 Å². The third kappa shape index (κ3) is 4.15. The molecule has 258 valence electrons. The monoisotopic (exact) mass is 719 g/mol. The van der Waals surface area contributed by atoms with Gasteiger partial charge in [0.05, 0.1) is 26.9 Å². The number of nitrogens with zero attached hydrogens (tertiary/aromatic N) is 3. The Balaban J connectivity index is 1.31. The van der Waals surface area contributed by atoms with Gasteiger partial charge >= 0.3 is 0 Å². The standard InChI is InChI=1S/C51H33N3S/c1-51(2)41-28-12-10-20-33(41)35-24-14-25-36(44(35)51)38-26-15-27-40-43-34-21-8-6-18-31(34)32-19-7-9-22-37(32)48(43)54(47(38)40)50-52-45(30-16-4-3-5-17-30)49-46(53-50)39-23-11-13-29-42(39)55-49/h3-29H,1-2H3. The average molecular weight is 720 g/mol. The van der Waals surface area contributed by atoms with Gasteiger partial charge in [-0.15, -0.1) is 11.3 Å². The minimum atomic E-state index is -0.188. The van der Waals surface area contributed by atoms with E-state index in [0.29, 0.717) is 5.95 Å². The summed E-state index contributed by atoms with van der Waals surface area (Å²) < 4.78 is 4.72. The lowest BCUT2D eigenvalue weighted by molar-refractivity contribution is 0.662. The number of benzene rings is 8. The van der Waals surface area contributed by atoms with Crippen LogP contribution < -0.4 is 0 Å². The highest BCUT2D eigenvalue weighted by Crippen LogP contribution is 2.54. The van der Waals surface area contributed by atoms with Crippen molar-refractivity contribution in [2.75, 3.05) is 0 Å². The van der Waals surface area contributed by atoms with E-state index in [1.54, 1.807) is 11.3 Å². The minimum Gasteiger partial charge on any atom is -0.277 e. The first-order valence-corrected chi connectivity index (χ1v) is 19.7. The highest BCUT2D eigenvalue weighted by molar-refractivity contribution is 7.26. The van der Waals surface area contributed by atoms with Crippen LogP contribution in [-0.2, 0) is 5.41 Å². The van der Waals surface area contributed by atoms with Gasteiger partial charge in [-0.05, 0) is 50.0 Å². The Morgan fingerprint density at radius 3 is 1.87 bits per heavy atom. The van der Waals surface area contributed by atoms with Gasteiger partial charge in [-0.2, -0.15) is 0 Å². The van der Waals surface area contributed by atoms with Crippen LogP contribution in [0.2, 0.25) is 0 Å². The van der Waals surface area contributed by atoms with E-state index >= 15 is 0 Å². The van der Waals surface area contributed by atoms with Crippen LogP contribution in [-0.4, -0.2) is 14.5 Å². The quantitative estimate of drug-likeness (QED) is 0.170. The fourth-order valence-electron chi connectivity index (χ4n) is 9.69. The molecule has 0 aliphatic heterocycles. The molecule has 0 saturated heterocycles. The molecule has 55 heavy (non-hydrogen) atoms. The van der Waals surface area contributed by atoms with Crippen molar-refractivity contribution in [1.29, 1.82) is 0 Å². The number of hydrogen-bond donors (Lipinski definition) is 0. The van der Waals surface area contributed by atoms with Crippen LogP contribution in [0, 0.1) is 0 Å². The molecule has 3 heterocycles. The van der Waals surface area contributed by atoms with E-state index in [1.165, 1.54) is 70.4 Å². The molecule has 8 aromatic carbocycles. The van der Waals surface area contributed by atoms with E-state index in [0.717, 1.165) is 37.9 Å². The van der Waals surface area contributed by atoms with Crippen molar-refractivity contribution in [2.45, 2.75) is 19.3 Å². The third-order valence-corrected chi connectivity index (χ3v) is 13.2. The Morgan fingerprint density at radius 1 is 0.473 bits per heavy atom. The van der Waals surface area contributed by atoms with E-state index < -0.39 is 0 Å². The summed E-state index contributed by atoms with van der Waals surface area (Å²) >= 11 is 1.77. The largest absolute Gasteiger partial charge is 0.277 e. The molecule has 0 spiro atoms. The van der Waals surface area contributed by atoms with Crippen molar-refractivity contribution in [3.8, 4) is 39.5 Å². The van der Waals surface area contributed by atoms with Gasteiger partial charge in [0.1, 0.15) is 0 Å². The number of para-hydroxylation sites is 1. The second-order valence-electron chi connectivity index (χ2n) is 15.3. The molecular weight excluding hydrogens is 687 g/mol. The summed E-state index contributed by atoms with van der Waals surface area (Å²) in [5.74, 6) is 0.679. The predicted molar refractivity (Wildman–Crippen MR) is 233 cm³/mol. The van der Waals surface area contributed by atoms with Gasteiger partial charge in [0, 0.05) is 42.8 Å². The van der Waals surface area contributed by atoms with E-state index in [4.69, 9.17) is 9.97 Å². The molecule has 0 amide bonds. The van der Waals surface area contributed by atoms with Gasteiger partial charge in [-0.25, -0.2) is 9.97 Å². The second-order valence-corrected chi connectivity index (χ2v) is 16.3. The molecule has 3 aromatic heterocycles. The molecule has 0 N–H and O–H groups in total. The minimum absolute atomic E-state index is 0.188. The summed E-state index contributed by atoms with van der Waals surface area (Å²) in [6.45, 7) is 4.76. The molecule has 0 saturated carbocycles. The van der Waals surface area contributed by atoms with Crippen molar-refractivity contribution >= 4 is 75.0 Å². The molecular formula is C51H33N3S. The van der Waals surface area contributed by atoms with Crippen molar-refractivity contribution in [2.24, 2.45) is 0 Å². The molecule has 12 rings (SSSR count). The van der Waals surface area contributed by atoms with Crippen LogP contribution in [0.3, 0.4) is 0 Å². The van der Waals surface area contributed by atoms with Crippen molar-refractivity contribution in [1.82, 2.24) is 14.5 Å². The summed E-state index contributed by atoms with van der Waals surface area (Å²) in [6, 6.07) is 59.6. The van der Waals surface area contributed by atoms with Gasteiger partial charge in [0.2, 0.25) is 5.95 Å². The van der Waals surface area contributed by atoms with Crippen LogP contribution in [0.15, 0.2) is 164 Å². The fraction of sp³-hybridized carbons (Fsp3) is 0.0588. The first-order valence-electron chi connectivity index (χ1n) is 18.9. The summed E-state index contributed by atoms with van der Waals surface area (Å²) in [4.78, 5) is 11.2. The van der Waals surface area contributed by atoms with Crippen molar-refractivity contribution in [3.63, 3.8) is 0 Å². The van der Waals surface area contributed by atoms with E-state index in [-0.39, 0.29) is 5.41 Å². The Morgan fingerprint density at radius 2 is 1.05 bits per heavy atom. The van der Waals surface area contributed by atoms with Gasteiger partial charge in [-0.1, -0.05) is 172 Å². The van der Waals surface area contributed by atoms with Gasteiger partial charge in [0.15, 0.2) is 0 Å². The maximum absolute atomic E-state index is 5.63. The predicted octanol–water partition coefficient (Wildman–Crippen LogP) is 13.9. The van der Waals surface area contributed by atoms with E-state index in [2.05, 4.69) is 182 Å². The SMILES string of the molecule is CC1(C)c2ccccc2-c2cccc(-c3cccc4c5c6ccccc6c6ccccc6c5n(-c5nc(-c6ccccc6)c6sc7ccccc7c6n5)c34)c21. The molecule has 4 heteroatoms. The Kier molecular flexibility index (Phi) is 6.27. The maximum Gasteiger partial charge on any atom is 0.235 e. The molecule has 0 fully saturated rings. The molecule has 3 nitrogen and oxygen atoms in total. The zero-order chi connectivity index (χ0) is 36.4. The fourth-order valence-corrected chi connectivity index (χ4v) is 10.8. The smallest absolute Gasteiger partial charge is 0.235 e. The number of aromatic nitrogens is 3. The van der Waals surface area contributed by atoms with Crippen LogP contribution in [0.4, 0.5) is 0 Å². The number of thiophene rings is 1. The van der Waals surface area contributed by atoms with Gasteiger partial charge in [-0.3, -0.25) is 4.57 Å². The average Bonchev–Trinajstić information content (AvgIpc) is 3.87. The summed E-state index contributed by atoms with van der Waals surface area (Å²) in [5, 5.41) is 8.45. The zero-order valence-electron chi connectivity index (χ0n) is 30.3. The first-order chi connectivity index (χ1) is 27.1. The maximum atomic E-state index is 5.63. The molecule has 0 atom stereocenters. The van der Waals surface area contributed by atoms with Crippen LogP contribution in [0.25, 0.3) is 103 Å². The van der Waals surface area contributed by atoms with Crippen molar-refractivity contribution < 1.29 is 0 Å². The Labute approximate surface area is 321 Å². The molecule has 0 bridgehead atoms. The topological polar surface area (TPSA) is 30.7 Å². The number of fused-ring (bicyclic) bond motifs is 14. The Hall–Kier alpha value is -6.62. The van der Waals surface area contributed by atoms with E-state index in [9.17, 15) is 0 Å². The van der Waals surface area contributed by atoms with Gasteiger partial charge in [0.25, 0.3) is 0 Å². The highest BCUT2D eigenvalue weighted by Gasteiger charge is 2.38. The second kappa shape index (κ2) is 11.2. The summed E-state index contributed by atoms with van der Waals surface area (Å²) in [5.41, 5.74) is 12.9. The Bertz CT molecular complexity index is 3400. The highest BCUT2D eigenvalue weighted by atomic mass is 32.1. The van der Waals surface area contributed by atoms with Crippen LogP contribution >= 0.6 is 11.3 Å². The summed E-state index contributed by atoms with van der Waals surface area (Å²) in [6.07, 6.45) is 0. The molecule has 0 unspecified atom stereocenters. The number of hydrogen-bond acceptors (Lipinski definition) is 3. The molecule has 1 aliphatic rings. The van der Waals surface area contributed by atoms with Gasteiger partial charge < -0.3 is 0 Å². The lowest BCUT2D eigenvalue weighted by Gasteiger charge is -2.25. The molecule has 11 aromatic rings. The van der Waals surface area contributed by atoms with Crippen molar-refractivity contribution in [3.05, 3.63) is 175 Å². The third-order valence-electron chi connectivity index (χ3n) is 12.0. The first kappa shape index (κ1) is 30.8. The van der Waals surface area contributed by atoms with Crippen LogP contribution in [0.1, 0.15) is 25.0 Å². The molecule has 0 radical (unpaired) electrons.